The summed E-state index contributed by atoms with van der Waals surface area (Å²) in [4.78, 5) is 97.0. The van der Waals surface area contributed by atoms with E-state index in [-0.39, 0.29) is 50.9 Å². The number of carboxylic acids is 8. The van der Waals surface area contributed by atoms with Crippen LogP contribution < -0.4 is 0 Å². The van der Waals surface area contributed by atoms with E-state index in [1.807, 2.05) is 9.80 Å². The second-order valence-electron chi connectivity index (χ2n) is 15.4. The minimum atomic E-state index is -3.84. The van der Waals surface area contributed by atoms with Crippen LogP contribution in [0.5, 0.6) is 0 Å². The molecule has 0 amide bonds. The number of aliphatic carboxylic acids is 8. The molecule has 2 fully saturated rings. The minimum absolute atomic E-state index is 0.0703. The molecule has 0 aromatic carbocycles. The molecule has 408 valence electrons. The Morgan fingerprint density at radius 3 is 0.614 bits per heavy atom. The van der Waals surface area contributed by atoms with Gasteiger partial charge in [0.05, 0.1) is 77.1 Å². The summed E-state index contributed by atoms with van der Waals surface area (Å²) >= 11 is 0. The topological polar surface area (TPSA) is 474 Å². The largest absolute Gasteiger partial charge is 0.480 e. The van der Waals surface area contributed by atoms with Gasteiger partial charge in [0.2, 0.25) is 0 Å². The summed E-state index contributed by atoms with van der Waals surface area (Å²) in [6, 6.07) is 0. The highest BCUT2D eigenvalue weighted by atomic mass is 32.2. The Morgan fingerprint density at radius 2 is 0.486 bits per heavy atom. The standard InChI is InChI=1S/2C10H16N2O8.2C8H18N2O4S/c2*13-7(14)3-11(4-8(15)16)1-2-12(5-9(17)18)6-10(19)20;2*11-7-5-9-1-3-10(4-2-9)6-8-15(12,13)14/h2*1-6H2,(H,13,14)(H,15,16)(H,17,18)(H,19,20);2*11H,1-8H2,(H,12,13,14). The van der Waals surface area contributed by atoms with Gasteiger partial charge in [0.1, 0.15) is 0 Å². The highest BCUT2D eigenvalue weighted by Gasteiger charge is 2.21. The maximum absolute atomic E-state index is 10.6. The molecular weight excluding hydrogens is 993 g/mol. The van der Waals surface area contributed by atoms with E-state index < -0.39 is 120 Å². The van der Waals surface area contributed by atoms with E-state index in [0.717, 1.165) is 72.0 Å². The van der Waals surface area contributed by atoms with Crippen molar-refractivity contribution in [3.63, 3.8) is 0 Å². The van der Waals surface area contributed by atoms with Gasteiger partial charge in [-0.3, -0.25) is 86.7 Å². The van der Waals surface area contributed by atoms with Crippen molar-refractivity contribution >= 4 is 68.0 Å². The maximum Gasteiger partial charge on any atom is 0.317 e. The number of rotatable bonds is 32. The van der Waals surface area contributed by atoms with Crippen molar-refractivity contribution in [1.29, 1.82) is 0 Å². The van der Waals surface area contributed by atoms with Crippen molar-refractivity contribution in [3.8, 4) is 0 Å². The molecule has 70 heavy (non-hydrogen) atoms. The highest BCUT2D eigenvalue weighted by Crippen LogP contribution is 2.03. The second-order valence-corrected chi connectivity index (χ2v) is 18.5. The number of hydrogen-bond acceptors (Lipinski definition) is 22. The molecular formula is C36H68N8O24S2. The van der Waals surface area contributed by atoms with Gasteiger partial charge in [0, 0.05) is 105 Å². The number of carbonyl (C=O) groups is 8. The lowest BCUT2D eigenvalue weighted by Crippen LogP contribution is -2.48. The van der Waals surface area contributed by atoms with E-state index >= 15 is 0 Å². The van der Waals surface area contributed by atoms with Crippen LogP contribution in [0.2, 0.25) is 0 Å². The van der Waals surface area contributed by atoms with Gasteiger partial charge < -0.3 is 51.1 Å². The van der Waals surface area contributed by atoms with Crippen LogP contribution in [0.3, 0.4) is 0 Å². The molecule has 2 rings (SSSR count). The third kappa shape index (κ3) is 43.2. The smallest absolute Gasteiger partial charge is 0.317 e. The van der Waals surface area contributed by atoms with Crippen molar-refractivity contribution in [1.82, 2.24) is 39.2 Å². The number of β-amino-alcohol motifs (C(OH)–C–C–N with tert-alkyl or cyclic N) is 2. The lowest BCUT2D eigenvalue weighted by molar-refractivity contribution is -0.145. The molecule has 0 spiro atoms. The van der Waals surface area contributed by atoms with E-state index in [9.17, 15) is 55.2 Å². The van der Waals surface area contributed by atoms with Crippen molar-refractivity contribution in [3.05, 3.63) is 0 Å². The lowest BCUT2D eigenvalue weighted by Gasteiger charge is -2.33. The lowest BCUT2D eigenvalue weighted by atomic mass is 10.3. The van der Waals surface area contributed by atoms with E-state index in [4.69, 9.17) is 60.2 Å². The molecule has 12 N–H and O–H groups in total. The first-order chi connectivity index (χ1) is 32.4. The molecule has 2 saturated heterocycles. The third-order valence-electron chi connectivity index (χ3n) is 9.43. The predicted molar refractivity (Wildman–Crippen MR) is 240 cm³/mol. The summed E-state index contributed by atoms with van der Waals surface area (Å²) in [5, 5.41) is 86.4. The summed E-state index contributed by atoms with van der Waals surface area (Å²) < 4.78 is 59.3. The molecule has 0 aromatic heterocycles. The number of aliphatic hydroxyl groups excluding tert-OH is 2. The summed E-state index contributed by atoms with van der Waals surface area (Å²) in [7, 11) is -7.69. The van der Waals surface area contributed by atoms with Crippen LogP contribution in [-0.2, 0) is 58.6 Å². The highest BCUT2D eigenvalue weighted by molar-refractivity contribution is 7.86. The summed E-state index contributed by atoms with van der Waals surface area (Å²) in [5.41, 5.74) is 0. The zero-order valence-corrected chi connectivity index (χ0v) is 40.1. The van der Waals surface area contributed by atoms with E-state index in [1.54, 1.807) is 0 Å². The molecule has 0 bridgehead atoms. The number of carboxylic acid groups (broad SMARTS) is 8. The molecule has 0 atom stereocenters. The normalized spacial score (nSPS) is 15.0. The minimum Gasteiger partial charge on any atom is -0.480 e. The van der Waals surface area contributed by atoms with Crippen LogP contribution in [0.1, 0.15) is 0 Å². The molecule has 0 unspecified atom stereocenters. The van der Waals surface area contributed by atoms with Gasteiger partial charge in [0.15, 0.2) is 0 Å². The zero-order chi connectivity index (χ0) is 54.0. The van der Waals surface area contributed by atoms with Crippen molar-refractivity contribution in [2.75, 3.05) is 182 Å². The van der Waals surface area contributed by atoms with E-state index in [2.05, 4.69) is 9.80 Å². The van der Waals surface area contributed by atoms with Gasteiger partial charge in [-0.1, -0.05) is 0 Å². The van der Waals surface area contributed by atoms with Crippen LogP contribution in [0.4, 0.5) is 0 Å². The Balaban J connectivity index is 0. The van der Waals surface area contributed by atoms with Gasteiger partial charge in [0.25, 0.3) is 20.2 Å². The Kier molecular flexibility index (Phi) is 35.6. The first-order valence-electron chi connectivity index (χ1n) is 21.1. The number of nitrogens with zero attached hydrogens (tertiary/aromatic N) is 8. The summed E-state index contributed by atoms with van der Waals surface area (Å²) in [6.45, 7) is 4.43. The molecule has 0 saturated carbocycles. The maximum atomic E-state index is 10.6. The van der Waals surface area contributed by atoms with Crippen LogP contribution >= 0.6 is 0 Å². The van der Waals surface area contributed by atoms with Crippen molar-refractivity contribution in [2.45, 2.75) is 0 Å². The fraction of sp³-hybridized carbons (Fsp3) is 0.778. The van der Waals surface area contributed by atoms with Gasteiger partial charge in [-0.25, -0.2) is 0 Å². The zero-order valence-electron chi connectivity index (χ0n) is 38.5. The average Bonchev–Trinajstić information content (AvgIpc) is 3.20. The first-order valence-corrected chi connectivity index (χ1v) is 24.3. The van der Waals surface area contributed by atoms with Gasteiger partial charge in [-0.15, -0.1) is 0 Å². The fourth-order valence-corrected chi connectivity index (χ4v) is 7.17. The Morgan fingerprint density at radius 1 is 0.329 bits per heavy atom. The molecule has 0 radical (unpaired) electrons. The Labute approximate surface area is 403 Å². The molecule has 2 heterocycles. The quantitative estimate of drug-likeness (QED) is 0.0279. The molecule has 32 nitrogen and oxygen atoms in total. The Hall–Kier alpha value is -4.82. The van der Waals surface area contributed by atoms with Gasteiger partial charge in [-0.05, 0) is 0 Å². The molecule has 2 aliphatic rings. The van der Waals surface area contributed by atoms with Crippen LogP contribution in [-0.4, -0.2) is 346 Å². The van der Waals surface area contributed by atoms with Crippen LogP contribution in [0.15, 0.2) is 0 Å². The van der Waals surface area contributed by atoms with E-state index in [1.165, 1.54) is 0 Å². The third-order valence-corrected chi connectivity index (χ3v) is 10.8. The predicted octanol–water partition coefficient (Wildman–Crippen LogP) is -7.17. The summed E-state index contributed by atoms with van der Waals surface area (Å²) in [6.07, 6.45) is 0. The second kappa shape index (κ2) is 37.0. The van der Waals surface area contributed by atoms with Crippen molar-refractivity contribution < 1.29 is 115 Å². The number of aliphatic hydroxyl groups is 2. The van der Waals surface area contributed by atoms with Crippen LogP contribution in [0.25, 0.3) is 0 Å². The molecule has 2 aliphatic heterocycles. The monoisotopic (exact) mass is 1060 g/mol. The van der Waals surface area contributed by atoms with E-state index in [0.29, 0.717) is 26.2 Å². The number of piperazine rings is 2. The molecule has 34 heteroatoms. The SMILES string of the molecule is O=C(O)CN(CCN(CC(=O)O)CC(=O)O)CC(=O)O.O=C(O)CN(CCN(CC(=O)O)CC(=O)O)CC(=O)O.O=S(=O)(O)CCN1CCN(CCO)CC1.O=S(=O)(O)CCN1CCN(CCO)CC1. The van der Waals surface area contributed by atoms with Crippen LogP contribution in [0, 0.1) is 0 Å². The summed E-state index contributed by atoms with van der Waals surface area (Å²) in [5.74, 6) is -10.2. The number of hydrogen-bond donors (Lipinski definition) is 12. The fourth-order valence-electron chi connectivity index (χ4n) is 6.20. The van der Waals surface area contributed by atoms with Gasteiger partial charge in [-0.2, -0.15) is 16.8 Å². The molecule has 0 aliphatic carbocycles. The Bertz CT molecular complexity index is 1570. The average molecular weight is 1060 g/mol. The molecule has 0 aromatic rings. The van der Waals surface area contributed by atoms with Gasteiger partial charge >= 0.3 is 47.8 Å². The first kappa shape index (κ1) is 67.3. The van der Waals surface area contributed by atoms with Crippen molar-refractivity contribution in [2.24, 2.45) is 0 Å².